The van der Waals surface area contributed by atoms with Crippen LogP contribution in [0.5, 0.6) is 11.5 Å². The number of ketones is 1. The Morgan fingerprint density at radius 2 is 1.88 bits per heavy atom. The lowest BCUT2D eigenvalue weighted by Gasteiger charge is -2.15. The molecule has 0 N–H and O–H groups in total. The van der Waals surface area contributed by atoms with Gasteiger partial charge < -0.3 is 9.47 Å². The van der Waals surface area contributed by atoms with E-state index in [9.17, 15) is 9.18 Å². The summed E-state index contributed by atoms with van der Waals surface area (Å²) in [5, 5.41) is 0. The van der Waals surface area contributed by atoms with Crippen LogP contribution in [0, 0.1) is 0 Å². The number of methoxy groups -OCH3 is 2. The summed E-state index contributed by atoms with van der Waals surface area (Å²) in [5.74, 6) is 0.976. The lowest BCUT2D eigenvalue weighted by atomic mass is 10.0. The Morgan fingerprint density at radius 3 is 2.29 bits per heavy atom. The highest BCUT2D eigenvalue weighted by Crippen LogP contribution is 2.34. The molecule has 0 aliphatic rings. The minimum atomic E-state index is -1.15. The maximum absolute atomic E-state index is 13.4. The monoisotopic (exact) mass is 240 g/mol. The highest BCUT2D eigenvalue weighted by atomic mass is 19.1. The first kappa shape index (κ1) is 13.5. The molecule has 0 aliphatic carbocycles. The number of hydrogen-bond acceptors (Lipinski definition) is 3. The van der Waals surface area contributed by atoms with Crippen molar-refractivity contribution in [3.8, 4) is 11.5 Å². The van der Waals surface area contributed by atoms with E-state index in [1.54, 1.807) is 12.1 Å². The SMILES string of the molecule is COc1cc(C(C)F)c(OC)cc1CC(C)=O. The number of hydrogen-bond donors (Lipinski definition) is 0. The van der Waals surface area contributed by atoms with Gasteiger partial charge in [-0.3, -0.25) is 4.79 Å². The second-order valence-electron chi connectivity index (χ2n) is 3.90. The molecule has 0 aromatic heterocycles. The first-order valence-electron chi connectivity index (χ1n) is 5.37. The Hall–Kier alpha value is -1.58. The highest BCUT2D eigenvalue weighted by molar-refractivity contribution is 5.79. The normalized spacial score (nSPS) is 12.1. The highest BCUT2D eigenvalue weighted by Gasteiger charge is 2.16. The number of ether oxygens (including phenoxy) is 2. The molecule has 94 valence electrons. The van der Waals surface area contributed by atoms with Gasteiger partial charge in [-0.1, -0.05) is 0 Å². The Kier molecular flexibility index (Phi) is 4.49. The van der Waals surface area contributed by atoms with Crippen molar-refractivity contribution in [1.82, 2.24) is 0 Å². The van der Waals surface area contributed by atoms with Crippen molar-refractivity contribution < 1.29 is 18.7 Å². The van der Waals surface area contributed by atoms with Crippen LogP contribution in [-0.2, 0) is 11.2 Å². The molecule has 0 fully saturated rings. The summed E-state index contributed by atoms with van der Waals surface area (Å²) in [4.78, 5) is 11.1. The second kappa shape index (κ2) is 5.66. The van der Waals surface area contributed by atoms with Crippen molar-refractivity contribution >= 4 is 5.78 Å². The average molecular weight is 240 g/mol. The Labute approximate surface area is 101 Å². The Bertz CT molecular complexity index is 413. The van der Waals surface area contributed by atoms with Crippen molar-refractivity contribution in [1.29, 1.82) is 0 Å². The molecule has 0 aliphatic heterocycles. The fraction of sp³-hybridized carbons (Fsp3) is 0.462. The van der Waals surface area contributed by atoms with Gasteiger partial charge in [-0.25, -0.2) is 4.39 Å². The molecule has 0 saturated heterocycles. The predicted molar refractivity (Wildman–Crippen MR) is 63.5 cm³/mol. The van der Waals surface area contributed by atoms with Crippen molar-refractivity contribution in [3.63, 3.8) is 0 Å². The molecule has 0 heterocycles. The molecule has 1 unspecified atom stereocenters. The van der Waals surface area contributed by atoms with Crippen molar-refractivity contribution in [2.24, 2.45) is 0 Å². The summed E-state index contributed by atoms with van der Waals surface area (Å²) >= 11 is 0. The van der Waals surface area contributed by atoms with Gasteiger partial charge >= 0.3 is 0 Å². The minimum Gasteiger partial charge on any atom is -0.496 e. The van der Waals surface area contributed by atoms with Gasteiger partial charge in [0.15, 0.2) is 0 Å². The fourth-order valence-corrected chi connectivity index (χ4v) is 1.70. The first-order valence-corrected chi connectivity index (χ1v) is 5.37. The zero-order valence-electron chi connectivity index (χ0n) is 10.5. The van der Waals surface area contributed by atoms with Gasteiger partial charge in [-0.2, -0.15) is 0 Å². The van der Waals surface area contributed by atoms with Gasteiger partial charge in [0.05, 0.1) is 14.2 Å². The zero-order valence-corrected chi connectivity index (χ0v) is 10.5. The third-order valence-corrected chi connectivity index (χ3v) is 2.50. The van der Waals surface area contributed by atoms with E-state index in [0.29, 0.717) is 22.6 Å². The topological polar surface area (TPSA) is 35.5 Å². The van der Waals surface area contributed by atoms with Gasteiger partial charge in [-0.15, -0.1) is 0 Å². The largest absolute Gasteiger partial charge is 0.496 e. The van der Waals surface area contributed by atoms with E-state index >= 15 is 0 Å². The molecule has 0 spiro atoms. The van der Waals surface area contributed by atoms with E-state index in [1.165, 1.54) is 28.1 Å². The molecule has 0 bridgehead atoms. The number of Topliss-reactive ketones (excluding diaryl/α,β-unsaturated/α-hetero) is 1. The molecule has 0 radical (unpaired) electrons. The third kappa shape index (κ3) is 3.19. The van der Waals surface area contributed by atoms with Crippen LogP contribution in [0.4, 0.5) is 4.39 Å². The van der Waals surface area contributed by atoms with Crippen LogP contribution < -0.4 is 9.47 Å². The summed E-state index contributed by atoms with van der Waals surface area (Å²) in [5.41, 5.74) is 1.14. The van der Waals surface area contributed by atoms with E-state index in [2.05, 4.69) is 0 Å². The summed E-state index contributed by atoms with van der Waals surface area (Å²) < 4.78 is 23.7. The second-order valence-corrected chi connectivity index (χ2v) is 3.90. The average Bonchev–Trinajstić information content (AvgIpc) is 2.27. The lowest BCUT2D eigenvalue weighted by molar-refractivity contribution is -0.116. The number of carbonyl (C=O) groups is 1. The van der Waals surface area contributed by atoms with Crippen molar-refractivity contribution in [2.75, 3.05) is 14.2 Å². The molecular weight excluding hydrogens is 223 g/mol. The summed E-state index contributed by atoms with van der Waals surface area (Å²) in [6, 6.07) is 3.24. The molecule has 1 atom stereocenters. The molecule has 4 heteroatoms. The lowest BCUT2D eigenvalue weighted by Crippen LogP contribution is -2.03. The van der Waals surface area contributed by atoms with Crippen LogP contribution in [0.3, 0.4) is 0 Å². The van der Waals surface area contributed by atoms with E-state index in [0.717, 1.165) is 0 Å². The quantitative estimate of drug-likeness (QED) is 0.793. The number of benzene rings is 1. The summed E-state index contributed by atoms with van der Waals surface area (Å²) in [6.07, 6.45) is -0.897. The Morgan fingerprint density at radius 1 is 1.29 bits per heavy atom. The zero-order chi connectivity index (χ0) is 13.0. The third-order valence-electron chi connectivity index (χ3n) is 2.50. The number of alkyl halides is 1. The molecular formula is C13H17FO3. The minimum absolute atomic E-state index is 0.0198. The Balaban J connectivity index is 3.27. The summed E-state index contributed by atoms with van der Waals surface area (Å²) in [7, 11) is 2.98. The predicted octanol–water partition coefficient (Wildman–Crippen LogP) is 2.87. The van der Waals surface area contributed by atoms with E-state index < -0.39 is 6.17 Å². The molecule has 0 saturated carbocycles. The van der Waals surface area contributed by atoms with Gasteiger partial charge in [0.1, 0.15) is 23.5 Å². The van der Waals surface area contributed by atoms with Gasteiger partial charge in [-0.05, 0) is 26.0 Å². The van der Waals surface area contributed by atoms with Crippen LogP contribution in [0.1, 0.15) is 31.1 Å². The maximum atomic E-state index is 13.4. The van der Waals surface area contributed by atoms with E-state index in [4.69, 9.17) is 9.47 Å². The van der Waals surface area contributed by atoms with Crippen LogP contribution in [0.2, 0.25) is 0 Å². The van der Waals surface area contributed by atoms with Crippen LogP contribution in [0.15, 0.2) is 12.1 Å². The molecule has 1 aromatic carbocycles. The maximum Gasteiger partial charge on any atom is 0.134 e. The number of carbonyl (C=O) groups excluding carboxylic acids is 1. The van der Waals surface area contributed by atoms with Crippen LogP contribution in [0.25, 0.3) is 0 Å². The van der Waals surface area contributed by atoms with E-state index in [1.807, 2.05) is 0 Å². The van der Waals surface area contributed by atoms with Crippen LogP contribution >= 0.6 is 0 Å². The van der Waals surface area contributed by atoms with Gasteiger partial charge in [0.25, 0.3) is 0 Å². The number of rotatable bonds is 5. The molecule has 17 heavy (non-hydrogen) atoms. The first-order chi connectivity index (χ1) is 7.99. The van der Waals surface area contributed by atoms with E-state index in [-0.39, 0.29) is 12.2 Å². The van der Waals surface area contributed by atoms with Gasteiger partial charge in [0.2, 0.25) is 0 Å². The molecule has 3 nitrogen and oxygen atoms in total. The van der Waals surface area contributed by atoms with Gasteiger partial charge in [0, 0.05) is 17.5 Å². The van der Waals surface area contributed by atoms with Crippen LogP contribution in [-0.4, -0.2) is 20.0 Å². The summed E-state index contributed by atoms with van der Waals surface area (Å²) in [6.45, 7) is 2.93. The fourth-order valence-electron chi connectivity index (χ4n) is 1.70. The van der Waals surface area contributed by atoms with Crippen molar-refractivity contribution in [2.45, 2.75) is 26.4 Å². The smallest absolute Gasteiger partial charge is 0.134 e. The molecule has 1 rings (SSSR count). The standard InChI is InChI=1S/C13H17FO3/c1-8(15)5-10-6-13(17-4)11(9(2)14)7-12(10)16-3/h6-7,9H,5H2,1-4H3. The molecule has 1 aromatic rings. The molecule has 0 amide bonds. The number of halogens is 1. The van der Waals surface area contributed by atoms with Crippen molar-refractivity contribution in [3.05, 3.63) is 23.3 Å².